The van der Waals surface area contributed by atoms with Crippen LogP contribution >= 0.6 is 12.2 Å². The number of para-hydroxylation sites is 1. The lowest BCUT2D eigenvalue weighted by molar-refractivity contribution is -0.122. The zero-order chi connectivity index (χ0) is 21.2. The molecule has 0 fully saturated rings. The Morgan fingerprint density at radius 3 is 2.62 bits per heavy atom. The molecule has 0 bridgehead atoms. The predicted molar refractivity (Wildman–Crippen MR) is 124 cm³/mol. The fraction of sp³-hybridized carbons (Fsp3) is 0.318. The number of aromatic nitrogens is 1. The average molecular weight is 413 g/mol. The van der Waals surface area contributed by atoms with Crippen LogP contribution in [0, 0.1) is 0 Å². The van der Waals surface area contributed by atoms with E-state index in [0.717, 1.165) is 41.5 Å². The van der Waals surface area contributed by atoms with Gasteiger partial charge in [-0.25, -0.2) is 4.99 Å². The molecule has 7 heteroatoms. The molecule has 0 spiro atoms. The largest absolute Gasteiger partial charge is 0.483 e. The second-order valence-electron chi connectivity index (χ2n) is 6.88. The molecule has 0 atom stereocenters. The Labute approximate surface area is 176 Å². The normalized spacial score (nSPS) is 11.2. The summed E-state index contributed by atoms with van der Waals surface area (Å²) in [5.41, 5.74) is 3.29. The first-order valence-electron chi connectivity index (χ1n) is 9.71. The molecule has 1 heterocycles. The zero-order valence-corrected chi connectivity index (χ0v) is 17.8. The number of aromatic amines is 1. The first-order chi connectivity index (χ1) is 14.0. The summed E-state index contributed by atoms with van der Waals surface area (Å²) in [7, 11) is 0. The maximum atomic E-state index is 8.36. The highest BCUT2D eigenvalue weighted by atomic mass is 32.1. The van der Waals surface area contributed by atoms with Crippen LogP contribution in [-0.2, 0) is 4.79 Å². The molecular formula is C22H28N4O2S. The molecule has 0 saturated heterocycles. The lowest BCUT2D eigenvalue weighted by Gasteiger charge is -2.10. The molecule has 3 aromatic rings. The van der Waals surface area contributed by atoms with E-state index >= 15 is 0 Å². The van der Waals surface area contributed by atoms with Crippen LogP contribution in [0.4, 0.5) is 5.69 Å². The number of rotatable bonds is 5. The van der Waals surface area contributed by atoms with Gasteiger partial charge in [-0.15, -0.1) is 0 Å². The molecule has 4 N–H and O–H groups in total. The number of fused-ring (bicyclic) bond motifs is 3. The number of nitrogens with zero attached hydrogens (tertiary/aromatic N) is 1. The topological polar surface area (TPSA) is 89.5 Å². The van der Waals surface area contributed by atoms with Gasteiger partial charge in [-0.1, -0.05) is 37.6 Å². The van der Waals surface area contributed by atoms with Crippen molar-refractivity contribution in [3.05, 3.63) is 47.8 Å². The van der Waals surface area contributed by atoms with Crippen molar-refractivity contribution in [3.63, 3.8) is 0 Å². The van der Waals surface area contributed by atoms with Crippen LogP contribution in [0.2, 0.25) is 0 Å². The Morgan fingerprint density at radius 1 is 1.24 bits per heavy atom. The molecule has 6 nitrogen and oxygen atoms in total. The highest BCUT2D eigenvalue weighted by Gasteiger charge is 2.08. The van der Waals surface area contributed by atoms with E-state index in [1.807, 2.05) is 12.1 Å². The third kappa shape index (κ3) is 6.29. The number of benzene rings is 1. The molecule has 1 aromatic heterocycles. The van der Waals surface area contributed by atoms with Crippen molar-refractivity contribution in [1.29, 1.82) is 0 Å². The Kier molecular flexibility index (Phi) is 8.61. The number of hydrogen-bond donors (Lipinski definition) is 4. The first-order valence-corrected chi connectivity index (χ1v) is 10.1. The highest BCUT2D eigenvalue weighted by Crippen LogP contribution is 2.29. The van der Waals surface area contributed by atoms with Crippen molar-refractivity contribution >= 4 is 51.3 Å². The third-order valence-corrected chi connectivity index (χ3v) is 4.44. The van der Waals surface area contributed by atoms with E-state index in [-0.39, 0.29) is 6.47 Å². The highest BCUT2D eigenvalue weighted by molar-refractivity contribution is 7.80. The minimum Gasteiger partial charge on any atom is -0.483 e. The predicted octanol–water partition coefficient (Wildman–Crippen LogP) is 4.42. The Bertz CT molecular complexity index is 1040. The van der Waals surface area contributed by atoms with E-state index in [2.05, 4.69) is 71.7 Å². The number of thiocarbonyl (C=S) groups is 1. The summed E-state index contributed by atoms with van der Waals surface area (Å²) in [5.74, 6) is 0. The number of unbranched alkanes of at least 4 members (excludes halogenated alkanes) is 1. The van der Waals surface area contributed by atoms with Crippen molar-refractivity contribution in [3.8, 4) is 0 Å². The van der Waals surface area contributed by atoms with E-state index in [4.69, 9.17) is 22.1 Å². The molecule has 0 radical (unpaired) electrons. The summed E-state index contributed by atoms with van der Waals surface area (Å²) >= 11 is 5.34. The number of carbonyl (C=O) groups is 1. The van der Waals surface area contributed by atoms with Crippen molar-refractivity contribution in [2.45, 2.75) is 39.7 Å². The summed E-state index contributed by atoms with van der Waals surface area (Å²) in [4.78, 5) is 16.5. The Hall–Kier alpha value is -2.93. The number of nitrogens with one attached hydrogen (secondary N) is 3. The third-order valence-electron chi connectivity index (χ3n) is 4.21. The van der Waals surface area contributed by atoms with Crippen LogP contribution in [-0.4, -0.2) is 34.3 Å². The van der Waals surface area contributed by atoms with Crippen LogP contribution in [0.1, 0.15) is 33.6 Å². The standard InChI is InChI=1S/C21H26N4S.CH2O2/c1-4-5-12-22-21(26)24-15-8-6-9-16-17-10-7-11-18(23-14(2)3)20(17)25-19(16)13-15;2-1-3/h6-11,13-14,23,25H,4-5,12H2,1-3H3,(H,22,26);1H,(H,2,3). The maximum Gasteiger partial charge on any atom is 0.290 e. The van der Waals surface area contributed by atoms with E-state index in [1.165, 1.54) is 10.8 Å². The minimum atomic E-state index is -0.250. The molecule has 29 heavy (non-hydrogen) atoms. The number of anilines is 1. The monoisotopic (exact) mass is 412 g/mol. The summed E-state index contributed by atoms with van der Waals surface area (Å²) in [5, 5.41) is 17.4. The molecule has 0 unspecified atom stereocenters. The average Bonchev–Trinajstić information content (AvgIpc) is 2.88. The molecule has 2 aromatic carbocycles. The summed E-state index contributed by atoms with van der Waals surface area (Å²) < 4.78 is 0. The van der Waals surface area contributed by atoms with Gasteiger partial charge in [0.05, 0.1) is 16.6 Å². The molecule has 0 aliphatic rings. The van der Waals surface area contributed by atoms with Gasteiger partial charge in [-0.2, -0.15) is 0 Å². The number of carboxylic acid groups (broad SMARTS) is 1. The quantitative estimate of drug-likeness (QED) is 0.283. The van der Waals surface area contributed by atoms with Crippen molar-refractivity contribution in [1.82, 2.24) is 10.3 Å². The lowest BCUT2D eigenvalue weighted by atomic mass is 10.1. The van der Waals surface area contributed by atoms with Gasteiger partial charge in [0.15, 0.2) is 5.11 Å². The first kappa shape index (κ1) is 22.4. The molecule has 0 amide bonds. The minimum absolute atomic E-state index is 0.250. The SMILES string of the molecule is CCCCNC(=S)N=c1cccc2c(c1)[nH]c1c(NC(C)C)cccc12.O=CO. The van der Waals surface area contributed by atoms with E-state index in [0.29, 0.717) is 11.2 Å². The van der Waals surface area contributed by atoms with E-state index in [9.17, 15) is 0 Å². The molecule has 0 aliphatic carbocycles. The van der Waals surface area contributed by atoms with Gasteiger partial charge in [0, 0.05) is 28.9 Å². The van der Waals surface area contributed by atoms with Gasteiger partial charge < -0.3 is 20.7 Å². The summed E-state index contributed by atoms with van der Waals surface area (Å²) in [6.45, 7) is 7.06. The number of H-pyrrole nitrogens is 1. The fourth-order valence-electron chi connectivity index (χ4n) is 3.02. The number of hydrogen-bond acceptors (Lipinski definition) is 3. The summed E-state index contributed by atoms with van der Waals surface area (Å²) in [6, 6.07) is 14.9. The van der Waals surface area contributed by atoms with Crippen LogP contribution in [0.25, 0.3) is 21.8 Å². The second-order valence-corrected chi connectivity index (χ2v) is 7.26. The van der Waals surface area contributed by atoms with Crippen LogP contribution in [0.5, 0.6) is 0 Å². The van der Waals surface area contributed by atoms with Gasteiger partial charge in [0.25, 0.3) is 6.47 Å². The van der Waals surface area contributed by atoms with Crippen LogP contribution in [0.3, 0.4) is 0 Å². The second kappa shape index (κ2) is 11.2. The molecule has 0 saturated carbocycles. The van der Waals surface area contributed by atoms with Gasteiger partial charge in [0.2, 0.25) is 0 Å². The molecule has 0 aliphatic heterocycles. The lowest BCUT2D eigenvalue weighted by Crippen LogP contribution is -2.22. The van der Waals surface area contributed by atoms with Gasteiger partial charge in [-0.3, -0.25) is 4.79 Å². The molecular weight excluding hydrogens is 384 g/mol. The van der Waals surface area contributed by atoms with Gasteiger partial charge in [-0.05, 0) is 50.7 Å². The Morgan fingerprint density at radius 2 is 1.93 bits per heavy atom. The molecule has 154 valence electrons. The van der Waals surface area contributed by atoms with E-state index in [1.54, 1.807) is 0 Å². The molecule has 3 rings (SSSR count). The van der Waals surface area contributed by atoms with Gasteiger partial charge >= 0.3 is 0 Å². The van der Waals surface area contributed by atoms with Gasteiger partial charge in [0.1, 0.15) is 0 Å². The smallest absolute Gasteiger partial charge is 0.290 e. The van der Waals surface area contributed by atoms with Crippen LogP contribution < -0.4 is 16.0 Å². The van der Waals surface area contributed by atoms with Crippen molar-refractivity contribution < 1.29 is 9.90 Å². The zero-order valence-electron chi connectivity index (χ0n) is 17.0. The maximum absolute atomic E-state index is 8.36. The van der Waals surface area contributed by atoms with E-state index < -0.39 is 0 Å². The van der Waals surface area contributed by atoms with Crippen LogP contribution in [0.15, 0.2) is 47.5 Å². The van der Waals surface area contributed by atoms with Crippen molar-refractivity contribution in [2.75, 3.05) is 11.9 Å². The fourth-order valence-corrected chi connectivity index (χ4v) is 3.23. The Balaban J connectivity index is 0.000000941. The summed E-state index contributed by atoms with van der Waals surface area (Å²) in [6.07, 6.45) is 2.23. The van der Waals surface area contributed by atoms with Crippen molar-refractivity contribution in [2.24, 2.45) is 4.99 Å².